The Hall–Kier alpha value is -0.540. The van der Waals surface area contributed by atoms with Crippen LogP contribution in [0.2, 0.25) is 0 Å². The van der Waals surface area contributed by atoms with Crippen molar-refractivity contribution in [3.05, 3.63) is 0 Å². The Morgan fingerprint density at radius 2 is 1.61 bits per heavy atom. The fourth-order valence-electron chi connectivity index (χ4n) is 1.13. The number of nitrogens with one attached hydrogen (secondary N) is 3. The summed E-state index contributed by atoms with van der Waals surface area (Å²) >= 11 is 7.32. The third kappa shape index (κ3) is 3.99. The molecule has 18 heavy (non-hydrogen) atoms. The number of thiol groups is 2. The molecule has 3 N–H and O–H groups in total. The minimum Gasteiger partial charge on any atom is -0.355 e. The highest BCUT2D eigenvalue weighted by Gasteiger charge is 2.45. The first-order valence-electron chi connectivity index (χ1n) is 5.19. The van der Waals surface area contributed by atoms with Crippen molar-refractivity contribution < 1.29 is 18.4 Å². The zero-order chi connectivity index (χ0) is 14.4. The molecule has 0 aliphatic carbocycles. The number of hydrogen-bond donors (Lipinski definition) is 5. The van der Waals surface area contributed by atoms with Crippen LogP contribution in [0.3, 0.4) is 0 Å². The lowest BCUT2D eigenvalue weighted by molar-refractivity contribution is -0.145. The van der Waals surface area contributed by atoms with Gasteiger partial charge in [-0.2, -0.15) is 25.3 Å². The van der Waals surface area contributed by atoms with Crippen molar-refractivity contribution >= 4 is 37.1 Å². The number of carbonyl (C=O) groups is 2. The van der Waals surface area contributed by atoms with Crippen LogP contribution in [0.25, 0.3) is 0 Å². The van der Waals surface area contributed by atoms with Gasteiger partial charge in [0.15, 0.2) is 0 Å². The third-order valence-electron chi connectivity index (χ3n) is 2.15. The van der Waals surface area contributed by atoms with E-state index in [9.17, 15) is 18.4 Å². The van der Waals surface area contributed by atoms with Gasteiger partial charge < -0.3 is 10.6 Å². The number of halogens is 2. The Balaban J connectivity index is 4.95. The largest absolute Gasteiger partial charge is 0.355 e. The number of likely N-dealkylation sites (N-methyl/N-ethyl adjacent to an activating group) is 2. The smallest absolute Gasteiger partial charge is 0.279 e. The molecule has 0 aromatic rings. The predicted molar refractivity (Wildman–Crippen MR) is 71.3 cm³/mol. The van der Waals surface area contributed by atoms with Gasteiger partial charge in [-0.25, -0.2) is 8.78 Å². The van der Waals surface area contributed by atoms with Crippen molar-refractivity contribution in [3.63, 3.8) is 0 Å². The topological polar surface area (TPSA) is 70.2 Å². The number of alkyl halides is 2. The monoisotopic (exact) mass is 301 g/mol. The van der Waals surface area contributed by atoms with Gasteiger partial charge >= 0.3 is 0 Å². The second-order valence-corrected chi connectivity index (χ2v) is 4.11. The van der Waals surface area contributed by atoms with Gasteiger partial charge in [0.05, 0.1) is 5.75 Å². The van der Waals surface area contributed by atoms with Crippen LogP contribution in [0.4, 0.5) is 8.78 Å². The highest BCUT2D eigenvalue weighted by molar-refractivity contribution is 7.80. The molecule has 0 saturated carbocycles. The van der Waals surface area contributed by atoms with E-state index >= 15 is 0 Å². The van der Waals surface area contributed by atoms with Crippen molar-refractivity contribution in [1.82, 2.24) is 16.0 Å². The second kappa shape index (κ2) is 7.15. The number of hydrogen-bond acceptors (Lipinski definition) is 5. The molecular formula is C9H17F2N3O2S2. The fourth-order valence-corrected chi connectivity index (χ4v) is 1.61. The van der Waals surface area contributed by atoms with Gasteiger partial charge in [0.2, 0.25) is 5.79 Å². The van der Waals surface area contributed by atoms with Crippen LogP contribution in [0, 0.1) is 0 Å². The molecule has 0 bridgehead atoms. The number of rotatable bonds is 7. The lowest BCUT2D eigenvalue weighted by atomic mass is 10.2. The molecule has 0 aromatic carbocycles. The SMILES string of the molecule is CCN[C@@](F)(CS)C(=O)NC(F)(CS)C(=O)NC. The summed E-state index contributed by atoms with van der Waals surface area (Å²) in [6.45, 7) is 1.72. The average Bonchev–Trinajstić information content (AvgIpc) is 2.37. The van der Waals surface area contributed by atoms with Gasteiger partial charge in [-0.15, -0.1) is 0 Å². The molecule has 0 spiro atoms. The molecule has 0 saturated heterocycles. The lowest BCUT2D eigenvalue weighted by Crippen LogP contribution is -2.64. The summed E-state index contributed by atoms with van der Waals surface area (Å²) in [5.74, 6) is -8.85. The first kappa shape index (κ1) is 17.5. The Morgan fingerprint density at radius 3 is 1.94 bits per heavy atom. The van der Waals surface area contributed by atoms with Crippen LogP contribution in [0.15, 0.2) is 0 Å². The Morgan fingerprint density at radius 1 is 1.11 bits per heavy atom. The summed E-state index contributed by atoms with van der Waals surface area (Å²) < 4.78 is 28.1. The van der Waals surface area contributed by atoms with E-state index in [4.69, 9.17) is 0 Å². The van der Waals surface area contributed by atoms with Crippen LogP contribution in [-0.4, -0.2) is 48.5 Å². The Labute approximate surface area is 115 Å². The Bertz CT molecular complexity index is 322. The van der Waals surface area contributed by atoms with E-state index < -0.39 is 34.9 Å². The van der Waals surface area contributed by atoms with Crippen LogP contribution in [0.5, 0.6) is 0 Å². The van der Waals surface area contributed by atoms with Crippen molar-refractivity contribution in [2.24, 2.45) is 0 Å². The van der Waals surface area contributed by atoms with E-state index in [2.05, 4.69) is 30.6 Å². The number of amides is 2. The molecule has 106 valence electrons. The van der Waals surface area contributed by atoms with E-state index in [0.717, 1.165) is 0 Å². The first-order valence-corrected chi connectivity index (χ1v) is 6.45. The summed E-state index contributed by atoms with van der Waals surface area (Å²) in [5.41, 5.74) is 0. The normalized spacial score (nSPS) is 17.4. The van der Waals surface area contributed by atoms with Gasteiger partial charge in [-0.1, -0.05) is 6.92 Å². The summed E-state index contributed by atoms with van der Waals surface area (Å²) in [5, 5.41) is 5.95. The van der Waals surface area contributed by atoms with Crippen LogP contribution in [0.1, 0.15) is 6.92 Å². The Kier molecular flexibility index (Phi) is 6.93. The van der Waals surface area contributed by atoms with Gasteiger partial charge in [0.1, 0.15) is 0 Å². The van der Waals surface area contributed by atoms with Crippen LogP contribution >= 0.6 is 25.3 Å². The van der Waals surface area contributed by atoms with E-state index in [1.807, 2.05) is 5.32 Å². The molecule has 2 atom stereocenters. The summed E-state index contributed by atoms with van der Waals surface area (Å²) in [6, 6.07) is 0. The minimum absolute atomic E-state index is 0.143. The van der Waals surface area contributed by atoms with Crippen molar-refractivity contribution in [1.29, 1.82) is 0 Å². The van der Waals surface area contributed by atoms with Crippen molar-refractivity contribution in [2.45, 2.75) is 18.5 Å². The second-order valence-electron chi connectivity index (χ2n) is 3.48. The van der Waals surface area contributed by atoms with Gasteiger partial charge in [-0.05, 0) is 6.54 Å². The van der Waals surface area contributed by atoms with Crippen molar-refractivity contribution in [2.75, 3.05) is 25.1 Å². The van der Waals surface area contributed by atoms with Crippen LogP contribution in [-0.2, 0) is 9.59 Å². The summed E-state index contributed by atoms with van der Waals surface area (Å²) in [6.07, 6.45) is 0. The highest BCUT2D eigenvalue weighted by atomic mass is 32.1. The van der Waals surface area contributed by atoms with E-state index in [0.29, 0.717) is 0 Å². The molecule has 0 fully saturated rings. The molecule has 0 rings (SSSR count). The molecule has 0 aromatic heterocycles. The van der Waals surface area contributed by atoms with E-state index in [1.165, 1.54) is 7.05 Å². The third-order valence-corrected chi connectivity index (χ3v) is 3.02. The molecule has 1 unspecified atom stereocenters. The highest BCUT2D eigenvalue weighted by Crippen LogP contribution is 2.15. The lowest BCUT2D eigenvalue weighted by Gasteiger charge is -2.28. The zero-order valence-electron chi connectivity index (χ0n) is 10.1. The fraction of sp³-hybridized carbons (Fsp3) is 0.778. The van der Waals surface area contributed by atoms with E-state index in [-0.39, 0.29) is 6.54 Å². The first-order chi connectivity index (χ1) is 8.29. The maximum absolute atomic E-state index is 14.0. The molecule has 9 heteroatoms. The van der Waals surface area contributed by atoms with Gasteiger partial charge in [0.25, 0.3) is 17.6 Å². The van der Waals surface area contributed by atoms with Crippen LogP contribution < -0.4 is 16.0 Å². The van der Waals surface area contributed by atoms with Gasteiger partial charge in [0, 0.05) is 12.8 Å². The molecule has 2 amide bonds. The minimum atomic E-state index is -2.77. The van der Waals surface area contributed by atoms with Crippen molar-refractivity contribution in [3.8, 4) is 0 Å². The number of carbonyl (C=O) groups excluding carboxylic acids is 2. The maximum Gasteiger partial charge on any atom is 0.279 e. The maximum atomic E-state index is 14.0. The molecule has 0 heterocycles. The molecule has 5 nitrogen and oxygen atoms in total. The average molecular weight is 301 g/mol. The standard InChI is InChI=1S/C9H17F2N3O2S2/c1-3-13-8(10,4-17)7(16)14-9(11,5-18)6(15)12-2/h13,17-18H,3-5H2,1-2H3,(H,12,15)(H,14,16)/t8-,9?/m0/s1. The van der Waals surface area contributed by atoms with E-state index in [1.54, 1.807) is 12.2 Å². The van der Waals surface area contributed by atoms with Gasteiger partial charge in [-0.3, -0.25) is 14.9 Å². The quantitative estimate of drug-likeness (QED) is 0.330. The summed E-state index contributed by atoms with van der Waals surface area (Å²) in [7, 11) is 1.19. The molecular weight excluding hydrogens is 284 g/mol. The predicted octanol–water partition coefficient (Wildman–Crippen LogP) is -0.351. The molecule has 0 aliphatic rings. The summed E-state index contributed by atoms with van der Waals surface area (Å²) in [4.78, 5) is 22.9. The zero-order valence-corrected chi connectivity index (χ0v) is 11.9. The molecule has 0 aliphatic heterocycles. The molecule has 0 radical (unpaired) electrons.